The Balaban J connectivity index is 3.65. The molecule has 0 radical (unpaired) electrons. The number of carbonyl (C=O) groups excluding carboxylic acids is 2. The van der Waals surface area contributed by atoms with Gasteiger partial charge in [-0.15, -0.1) is 0 Å². The van der Waals surface area contributed by atoms with Crippen LogP contribution in [0.5, 0.6) is 0 Å². The maximum absolute atomic E-state index is 11.7. The van der Waals surface area contributed by atoms with Crippen molar-refractivity contribution in [1.29, 1.82) is 0 Å². The first-order valence-electron chi connectivity index (χ1n) is 6.80. The fraction of sp³-hybridized carbons (Fsp3) is 0.846. The van der Waals surface area contributed by atoms with Crippen LogP contribution in [0.3, 0.4) is 0 Å². The minimum Gasteiger partial charge on any atom is -0.355 e. The number of carbonyl (C=O) groups is 2. The topological polar surface area (TPSA) is 73.5 Å². The third kappa shape index (κ3) is 9.30. The minimum atomic E-state index is -0.247. The first-order valence-corrected chi connectivity index (χ1v) is 6.80. The van der Waals surface area contributed by atoms with Crippen molar-refractivity contribution in [2.75, 3.05) is 33.7 Å². The monoisotopic (exact) mass is 272 g/mol. The van der Waals surface area contributed by atoms with Gasteiger partial charge in [-0.2, -0.15) is 0 Å². The number of rotatable bonds is 8. The maximum Gasteiger partial charge on any atom is 0.316 e. The fourth-order valence-electron chi connectivity index (χ4n) is 1.35. The highest BCUT2D eigenvalue weighted by Crippen LogP contribution is 1.96. The quantitative estimate of drug-likeness (QED) is 0.560. The lowest BCUT2D eigenvalue weighted by molar-refractivity contribution is -0.122. The van der Waals surface area contributed by atoms with Crippen LogP contribution in [0, 0.1) is 5.92 Å². The van der Waals surface area contributed by atoms with Crippen molar-refractivity contribution in [2.24, 2.45) is 5.92 Å². The Morgan fingerprint density at radius 3 is 2.16 bits per heavy atom. The summed E-state index contributed by atoms with van der Waals surface area (Å²) in [7, 11) is 3.38. The molecule has 19 heavy (non-hydrogen) atoms. The van der Waals surface area contributed by atoms with E-state index in [9.17, 15) is 9.59 Å². The fourth-order valence-corrected chi connectivity index (χ4v) is 1.35. The lowest BCUT2D eigenvalue weighted by Crippen LogP contribution is -2.46. The van der Waals surface area contributed by atoms with Crippen molar-refractivity contribution in [3.63, 3.8) is 0 Å². The van der Waals surface area contributed by atoms with E-state index in [-0.39, 0.29) is 18.0 Å². The van der Waals surface area contributed by atoms with Crippen LogP contribution in [-0.4, -0.2) is 56.6 Å². The van der Waals surface area contributed by atoms with Crippen LogP contribution in [0.2, 0.25) is 0 Å². The number of amides is 3. The van der Waals surface area contributed by atoms with Gasteiger partial charge in [0.25, 0.3) is 0 Å². The summed E-state index contributed by atoms with van der Waals surface area (Å²) in [5, 5.41) is 8.68. The Kier molecular flexibility index (Phi) is 8.95. The van der Waals surface area contributed by atoms with Crippen LogP contribution in [0.25, 0.3) is 0 Å². The molecule has 0 aliphatic rings. The average molecular weight is 272 g/mol. The van der Waals surface area contributed by atoms with Gasteiger partial charge in [-0.05, 0) is 19.3 Å². The van der Waals surface area contributed by atoms with E-state index in [1.807, 2.05) is 6.92 Å². The van der Waals surface area contributed by atoms with E-state index in [2.05, 4.69) is 29.8 Å². The number of nitrogens with one attached hydrogen (secondary N) is 3. The molecule has 0 rings (SSSR count). The van der Waals surface area contributed by atoms with Crippen LogP contribution in [0.1, 0.15) is 27.2 Å². The number of hydrogen-bond donors (Lipinski definition) is 3. The van der Waals surface area contributed by atoms with Gasteiger partial charge in [-0.25, -0.2) is 4.79 Å². The van der Waals surface area contributed by atoms with E-state index >= 15 is 0 Å². The van der Waals surface area contributed by atoms with Gasteiger partial charge in [-0.1, -0.05) is 13.8 Å². The van der Waals surface area contributed by atoms with Gasteiger partial charge in [0.1, 0.15) is 0 Å². The molecule has 0 aliphatic heterocycles. The molecule has 0 aromatic heterocycles. The minimum absolute atomic E-state index is 0.000383. The third-order valence-corrected chi connectivity index (χ3v) is 2.67. The van der Waals surface area contributed by atoms with Gasteiger partial charge < -0.3 is 20.9 Å². The molecule has 112 valence electrons. The van der Waals surface area contributed by atoms with Gasteiger partial charge in [0.2, 0.25) is 5.91 Å². The predicted molar refractivity (Wildman–Crippen MR) is 77.0 cm³/mol. The summed E-state index contributed by atoms with van der Waals surface area (Å²) in [6.07, 6.45) is 0.983. The maximum atomic E-state index is 11.7. The smallest absolute Gasteiger partial charge is 0.316 e. The zero-order chi connectivity index (χ0) is 14.8. The molecule has 0 saturated carbocycles. The van der Waals surface area contributed by atoms with Crippen LogP contribution >= 0.6 is 0 Å². The molecule has 0 heterocycles. The standard InChI is InChI=1S/C13H28N4O2/c1-10(2)6-7-15-12(18)11(3)14-8-9-16-13(19)17(4)5/h10-11,14H,6-9H2,1-5H3,(H,15,18)(H,16,19). The zero-order valence-electron chi connectivity index (χ0n) is 12.7. The van der Waals surface area contributed by atoms with Crippen molar-refractivity contribution in [3.8, 4) is 0 Å². The van der Waals surface area contributed by atoms with E-state index in [1.54, 1.807) is 14.1 Å². The summed E-state index contributed by atoms with van der Waals surface area (Å²) in [5.74, 6) is 0.587. The Morgan fingerprint density at radius 1 is 1.00 bits per heavy atom. The first-order chi connectivity index (χ1) is 8.84. The summed E-state index contributed by atoms with van der Waals surface area (Å²) in [6.45, 7) is 7.85. The van der Waals surface area contributed by atoms with Gasteiger partial charge >= 0.3 is 6.03 Å². The van der Waals surface area contributed by atoms with Crippen molar-refractivity contribution in [2.45, 2.75) is 33.2 Å². The summed E-state index contributed by atoms with van der Waals surface area (Å²) in [6, 6.07) is -0.376. The van der Waals surface area contributed by atoms with E-state index in [0.29, 0.717) is 25.6 Å². The van der Waals surface area contributed by atoms with Gasteiger partial charge in [-0.3, -0.25) is 4.79 Å². The molecule has 6 heteroatoms. The third-order valence-electron chi connectivity index (χ3n) is 2.67. The lowest BCUT2D eigenvalue weighted by Gasteiger charge is -2.16. The molecular formula is C13H28N4O2. The van der Waals surface area contributed by atoms with Gasteiger partial charge in [0, 0.05) is 33.7 Å². The number of urea groups is 1. The molecule has 1 atom stereocenters. The number of nitrogens with zero attached hydrogens (tertiary/aromatic N) is 1. The molecular weight excluding hydrogens is 244 g/mol. The van der Waals surface area contributed by atoms with Crippen molar-refractivity contribution in [1.82, 2.24) is 20.9 Å². The molecule has 0 saturated heterocycles. The average Bonchev–Trinajstić information content (AvgIpc) is 2.33. The molecule has 3 amide bonds. The highest BCUT2D eigenvalue weighted by Gasteiger charge is 2.11. The molecule has 0 bridgehead atoms. The van der Waals surface area contributed by atoms with E-state index in [0.717, 1.165) is 6.42 Å². The molecule has 0 aromatic rings. The molecule has 3 N–H and O–H groups in total. The van der Waals surface area contributed by atoms with Crippen LogP contribution in [-0.2, 0) is 4.79 Å². The Morgan fingerprint density at radius 2 is 1.63 bits per heavy atom. The molecule has 0 aliphatic carbocycles. The second kappa shape index (κ2) is 9.61. The molecule has 0 fully saturated rings. The normalized spacial score (nSPS) is 12.1. The van der Waals surface area contributed by atoms with Crippen molar-refractivity contribution in [3.05, 3.63) is 0 Å². The molecule has 0 spiro atoms. The molecule has 0 aromatic carbocycles. The highest BCUT2D eigenvalue weighted by atomic mass is 16.2. The molecule has 1 unspecified atom stereocenters. The summed E-state index contributed by atoms with van der Waals surface area (Å²) >= 11 is 0. The highest BCUT2D eigenvalue weighted by molar-refractivity contribution is 5.81. The predicted octanol–water partition coefficient (Wildman–Crippen LogP) is 0.398. The van der Waals surface area contributed by atoms with E-state index in [4.69, 9.17) is 0 Å². The van der Waals surface area contributed by atoms with Crippen molar-refractivity contribution < 1.29 is 9.59 Å². The second-order valence-electron chi connectivity index (χ2n) is 5.28. The van der Waals surface area contributed by atoms with Crippen LogP contribution in [0.15, 0.2) is 0 Å². The zero-order valence-corrected chi connectivity index (χ0v) is 12.7. The summed E-state index contributed by atoms with van der Waals surface area (Å²) < 4.78 is 0. The van der Waals surface area contributed by atoms with Gasteiger partial charge in [0.15, 0.2) is 0 Å². The van der Waals surface area contributed by atoms with Crippen LogP contribution in [0.4, 0.5) is 4.79 Å². The largest absolute Gasteiger partial charge is 0.355 e. The lowest BCUT2D eigenvalue weighted by atomic mass is 10.1. The number of hydrogen-bond acceptors (Lipinski definition) is 3. The summed E-state index contributed by atoms with van der Waals surface area (Å²) in [4.78, 5) is 24.4. The van der Waals surface area contributed by atoms with E-state index < -0.39 is 0 Å². The Hall–Kier alpha value is -1.30. The second-order valence-corrected chi connectivity index (χ2v) is 5.28. The Labute approximate surface area is 116 Å². The van der Waals surface area contributed by atoms with Crippen molar-refractivity contribution >= 4 is 11.9 Å². The van der Waals surface area contributed by atoms with Gasteiger partial charge in [0.05, 0.1) is 6.04 Å². The SMILES string of the molecule is CC(C)CCNC(=O)C(C)NCCNC(=O)N(C)C. The summed E-state index contributed by atoms with van der Waals surface area (Å²) in [5.41, 5.74) is 0. The Bertz CT molecular complexity index is 280. The first kappa shape index (κ1) is 17.7. The van der Waals surface area contributed by atoms with Crippen LogP contribution < -0.4 is 16.0 Å². The van der Waals surface area contributed by atoms with E-state index in [1.165, 1.54) is 4.90 Å². The molecule has 6 nitrogen and oxygen atoms in total.